The number of rotatable bonds is 6. The Hall–Kier alpha value is -1.69. The summed E-state index contributed by atoms with van der Waals surface area (Å²) in [6, 6.07) is 1.98. The van der Waals surface area contributed by atoms with Gasteiger partial charge in [-0.3, -0.25) is 4.79 Å². The summed E-state index contributed by atoms with van der Waals surface area (Å²) in [6.45, 7) is 3.52. The number of hydrogen-bond acceptors (Lipinski definition) is 3. The number of halogens is 2. The van der Waals surface area contributed by atoms with E-state index in [9.17, 15) is 13.6 Å². The molecule has 106 valence electrons. The second-order valence-electron chi connectivity index (χ2n) is 4.36. The molecule has 1 aromatic rings. The van der Waals surface area contributed by atoms with Gasteiger partial charge in [0.2, 0.25) is 5.91 Å². The zero-order valence-electron chi connectivity index (χ0n) is 11.2. The van der Waals surface area contributed by atoms with Crippen molar-refractivity contribution in [3.8, 4) is 0 Å². The minimum absolute atomic E-state index is 0.0300. The van der Waals surface area contributed by atoms with Crippen molar-refractivity contribution in [2.24, 2.45) is 0 Å². The van der Waals surface area contributed by atoms with Gasteiger partial charge in [0.1, 0.15) is 11.6 Å². The highest BCUT2D eigenvalue weighted by atomic mass is 19.1. The zero-order chi connectivity index (χ0) is 14.4. The van der Waals surface area contributed by atoms with Crippen LogP contribution in [0, 0.1) is 18.6 Å². The Morgan fingerprint density at radius 2 is 2.05 bits per heavy atom. The molecule has 0 aromatic heterocycles. The van der Waals surface area contributed by atoms with Crippen molar-refractivity contribution in [1.29, 1.82) is 0 Å². The summed E-state index contributed by atoms with van der Waals surface area (Å²) < 4.78 is 31.6. The van der Waals surface area contributed by atoms with E-state index in [1.165, 1.54) is 14.0 Å². The number of anilines is 1. The number of carbonyl (C=O) groups is 1. The molecule has 0 radical (unpaired) electrons. The van der Waals surface area contributed by atoms with Crippen molar-refractivity contribution in [2.75, 3.05) is 25.6 Å². The molecule has 1 unspecified atom stereocenters. The number of benzene rings is 1. The fourth-order valence-electron chi connectivity index (χ4n) is 1.57. The Morgan fingerprint density at radius 3 is 2.68 bits per heavy atom. The van der Waals surface area contributed by atoms with Crippen molar-refractivity contribution in [1.82, 2.24) is 5.32 Å². The quantitative estimate of drug-likeness (QED) is 0.830. The lowest BCUT2D eigenvalue weighted by Gasteiger charge is -2.14. The lowest BCUT2D eigenvalue weighted by molar-refractivity contribution is -0.120. The van der Waals surface area contributed by atoms with Crippen molar-refractivity contribution < 1.29 is 18.3 Å². The summed E-state index contributed by atoms with van der Waals surface area (Å²) in [6.07, 6.45) is 0. The Balaban J connectivity index is 2.53. The second-order valence-corrected chi connectivity index (χ2v) is 4.36. The fraction of sp³-hybridized carbons (Fsp3) is 0.462. The van der Waals surface area contributed by atoms with Gasteiger partial charge in [0.05, 0.1) is 18.8 Å². The number of hydrogen-bond donors (Lipinski definition) is 2. The molecule has 0 aliphatic carbocycles. The van der Waals surface area contributed by atoms with Gasteiger partial charge in [0, 0.05) is 19.2 Å². The topological polar surface area (TPSA) is 50.4 Å². The Bertz CT molecular complexity index is 453. The molecule has 1 amide bonds. The molecular weight excluding hydrogens is 254 g/mol. The molecule has 0 spiro atoms. The lowest BCUT2D eigenvalue weighted by Crippen LogP contribution is -2.39. The highest BCUT2D eigenvalue weighted by Crippen LogP contribution is 2.18. The van der Waals surface area contributed by atoms with E-state index in [1.54, 1.807) is 6.92 Å². The molecule has 19 heavy (non-hydrogen) atoms. The summed E-state index contributed by atoms with van der Waals surface area (Å²) in [5, 5.41) is 5.21. The average molecular weight is 272 g/mol. The van der Waals surface area contributed by atoms with E-state index in [4.69, 9.17) is 4.74 Å². The maximum atomic E-state index is 13.5. The molecule has 1 aromatic carbocycles. The van der Waals surface area contributed by atoms with Crippen molar-refractivity contribution in [3.63, 3.8) is 0 Å². The number of aryl methyl sites for hydroxylation is 1. The van der Waals surface area contributed by atoms with E-state index in [0.29, 0.717) is 6.61 Å². The normalized spacial score (nSPS) is 12.1. The first-order valence-electron chi connectivity index (χ1n) is 5.92. The Kier molecular flexibility index (Phi) is 5.69. The van der Waals surface area contributed by atoms with Gasteiger partial charge in [-0.05, 0) is 25.5 Å². The van der Waals surface area contributed by atoms with E-state index in [0.717, 1.165) is 12.1 Å². The molecule has 0 saturated carbocycles. The summed E-state index contributed by atoms with van der Waals surface area (Å²) >= 11 is 0. The summed E-state index contributed by atoms with van der Waals surface area (Å²) in [4.78, 5) is 11.5. The summed E-state index contributed by atoms with van der Waals surface area (Å²) in [7, 11) is 1.53. The zero-order valence-corrected chi connectivity index (χ0v) is 11.2. The van der Waals surface area contributed by atoms with Crippen molar-refractivity contribution in [2.45, 2.75) is 19.9 Å². The lowest BCUT2D eigenvalue weighted by atomic mass is 10.2. The third-order valence-electron chi connectivity index (χ3n) is 2.51. The molecule has 0 aliphatic heterocycles. The number of carbonyl (C=O) groups excluding carboxylic acids is 1. The first-order chi connectivity index (χ1) is 8.93. The number of ether oxygens (including phenoxy) is 1. The minimum Gasteiger partial charge on any atom is -0.383 e. The first kappa shape index (κ1) is 15.4. The molecule has 0 saturated heterocycles. The van der Waals surface area contributed by atoms with Crippen LogP contribution in [-0.2, 0) is 9.53 Å². The van der Waals surface area contributed by atoms with Crippen molar-refractivity contribution in [3.05, 3.63) is 29.3 Å². The molecule has 1 rings (SSSR count). The van der Waals surface area contributed by atoms with Crippen LogP contribution in [0.2, 0.25) is 0 Å². The molecular formula is C13H18F2N2O2. The van der Waals surface area contributed by atoms with Gasteiger partial charge in [0.25, 0.3) is 0 Å². The monoisotopic (exact) mass is 272 g/mol. The van der Waals surface area contributed by atoms with E-state index >= 15 is 0 Å². The maximum absolute atomic E-state index is 13.5. The van der Waals surface area contributed by atoms with Gasteiger partial charge in [-0.25, -0.2) is 8.78 Å². The second kappa shape index (κ2) is 7.04. The van der Waals surface area contributed by atoms with Crippen LogP contribution in [0.25, 0.3) is 0 Å². The standard InChI is InChI=1S/C13H18F2N2O2/c1-8-4-11(15)12(5-10(8)14)16-6-13(18)17-9(2)7-19-3/h4-5,9,16H,6-7H2,1-3H3,(H,17,18). The summed E-state index contributed by atoms with van der Waals surface area (Å²) in [5.41, 5.74) is 0.193. The van der Waals surface area contributed by atoms with E-state index in [-0.39, 0.29) is 29.7 Å². The third kappa shape index (κ3) is 4.82. The van der Waals surface area contributed by atoms with Gasteiger partial charge in [-0.2, -0.15) is 0 Å². The van der Waals surface area contributed by atoms with Crippen LogP contribution >= 0.6 is 0 Å². The highest BCUT2D eigenvalue weighted by molar-refractivity contribution is 5.81. The maximum Gasteiger partial charge on any atom is 0.239 e. The number of nitrogens with one attached hydrogen (secondary N) is 2. The van der Waals surface area contributed by atoms with Crippen LogP contribution in [0.5, 0.6) is 0 Å². The first-order valence-corrected chi connectivity index (χ1v) is 5.92. The van der Waals surface area contributed by atoms with E-state index < -0.39 is 11.6 Å². The third-order valence-corrected chi connectivity index (χ3v) is 2.51. The Labute approximate surface area is 111 Å². The van der Waals surface area contributed by atoms with Crippen LogP contribution < -0.4 is 10.6 Å². The van der Waals surface area contributed by atoms with Crippen LogP contribution in [0.1, 0.15) is 12.5 Å². The number of methoxy groups -OCH3 is 1. The average Bonchev–Trinajstić information content (AvgIpc) is 2.32. The molecule has 2 N–H and O–H groups in total. The molecule has 0 bridgehead atoms. The summed E-state index contributed by atoms with van der Waals surface area (Å²) in [5.74, 6) is -1.42. The van der Waals surface area contributed by atoms with Crippen LogP contribution in [0.15, 0.2) is 12.1 Å². The molecule has 0 heterocycles. The van der Waals surface area contributed by atoms with Crippen LogP contribution in [-0.4, -0.2) is 32.2 Å². The smallest absolute Gasteiger partial charge is 0.239 e. The van der Waals surface area contributed by atoms with Gasteiger partial charge < -0.3 is 15.4 Å². The molecule has 1 atom stereocenters. The predicted molar refractivity (Wildman–Crippen MR) is 69.1 cm³/mol. The Morgan fingerprint density at radius 1 is 1.37 bits per heavy atom. The largest absolute Gasteiger partial charge is 0.383 e. The highest BCUT2D eigenvalue weighted by Gasteiger charge is 2.10. The van der Waals surface area contributed by atoms with Gasteiger partial charge >= 0.3 is 0 Å². The van der Waals surface area contributed by atoms with E-state index in [2.05, 4.69) is 10.6 Å². The van der Waals surface area contributed by atoms with Crippen molar-refractivity contribution >= 4 is 11.6 Å². The van der Waals surface area contributed by atoms with Crippen LogP contribution in [0.3, 0.4) is 0 Å². The molecule has 0 aliphatic rings. The minimum atomic E-state index is -0.586. The molecule has 0 fully saturated rings. The predicted octanol–water partition coefficient (Wildman–Crippen LogP) is 1.84. The fourth-order valence-corrected chi connectivity index (χ4v) is 1.57. The van der Waals surface area contributed by atoms with Gasteiger partial charge in [-0.15, -0.1) is 0 Å². The number of amides is 1. The molecule has 6 heteroatoms. The SMILES string of the molecule is COCC(C)NC(=O)CNc1cc(F)c(C)cc1F. The van der Waals surface area contributed by atoms with Gasteiger partial charge in [-0.1, -0.05) is 0 Å². The molecule has 4 nitrogen and oxygen atoms in total. The van der Waals surface area contributed by atoms with E-state index in [1.807, 2.05) is 0 Å². The van der Waals surface area contributed by atoms with Gasteiger partial charge in [0.15, 0.2) is 0 Å². The van der Waals surface area contributed by atoms with Crippen LogP contribution in [0.4, 0.5) is 14.5 Å².